The molecule has 1 N–H and O–H groups in total. The summed E-state index contributed by atoms with van der Waals surface area (Å²) < 4.78 is 12.8. The van der Waals surface area contributed by atoms with Crippen LogP contribution in [0.5, 0.6) is 0 Å². The molecule has 31 heavy (non-hydrogen) atoms. The van der Waals surface area contributed by atoms with E-state index in [9.17, 15) is 0 Å². The number of rotatable bonds is 1. The largest absolute Gasteiger partial charge is 0.495 e. The van der Waals surface area contributed by atoms with Crippen LogP contribution in [0.15, 0.2) is 54.6 Å². The molecule has 0 amide bonds. The Bertz CT molecular complexity index is 1360. The lowest BCUT2D eigenvalue weighted by atomic mass is 9.76. The predicted molar refractivity (Wildman–Crippen MR) is 129 cm³/mol. The molecule has 1 aromatic heterocycles. The number of H-pyrrole nitrogens is 1. The van der Waals surface area contributed by atoms with E-state index in [-0.39, 0.29) is 23.7 Å². The zero-order valence-corrected chi connectivity index (χ0v) is 19.1. The van der Waals surface area contributed by atoms with Crippen molar-refractivity contribution in [1.82, 2.24) is 4.98 Å². The number of aromatic nitrogens is 1. The van der Waals surface area contributed by atoms with Crippen LogP contribution in [0.4, 0.5) is 0 Å². The second-order valence-corrected chi connectivity index (χ2v) is 10.6. The van der Waals surface area contributed by atoms with Gasteiger partial charge in [-0.3, -0.25) is 0 Å². The van der Waals surface area contributed by atoms with Gasteiger partial charge in [0.25, 0.3) is 0 Å². The van der Waals surface area contributed by atoms with Crippen molar-refractivity contribution in [2.75, 3.05) is 0 Å². The smallest absolute Gasteiger partial charge is 0.399 e. The van der Waals surface area contributed by atoms with Gasteiger partial charge in [0.1, 0.15) is 0 Å². The van der Waals surface area contributed by atoms with Crippen LogP contribution in [0.25, 0.3) is 32.9 Å². The van der Waals surface area contributed by atoms with Crippen molar-refractivity contribution in [2.24, 2.45) is 0 Å². The van der Waals surface area contributed by atoms with Gasteiger partial charge in [-0.1, -0.05) is 50.2 Å². The Morgan fingerprint density at radius 2 is 1.42 bits per heavy atom. The molecule has 1 saturated heterocycles. The van der Waals surface area contributed by atoms with Gasteiger partial charge in [0, 0.05) is 27.2 Å². The zero-order chi connectivity index (χ0) is 21.8. The summed E-state index contributed by atoms with van der Waals surface area (Å²) in [5.41, 5.74) is 8.09. The minimum Gasteiger partial charge on any atom is -0.399 e. The minimum absolute atomic E-state index is 0.00797. The molecular formula is C27H28BNO2. The molecule has 2 heterocycles. The number of hydrogen-bond donors (Lipinski definition) is 1. The lowest BCUT2D eigenvalue weighted by Gasteiger charge is -2.32. The van der Waals surface area contributed by atoms with Crippen molar-refractivity contribution >= 4 is 34.4 Å². The third-order valence-electron chi connectivity index (χ3n) is 7.86. The molecule has 0 bridgehead atoms. The molecule has 4 heteroatoms. The van der Waals surface area contributed by atoms with Crippen molar-refractivity contribution < 1.29 is 9.31 Å². The number of nitrogens with one attached hydrogen (secondary N) is 1. The van der Waals surface area contributed by atoms with Gasteiger partial charge in [-0.05, 0) is 73.6 Å². The van der Waals surface area contributed by atoms with E-state index >= 15 is 0 Å². The Balaban J connectivity index is 1.62. The Morgan fingerprint density at radius 3 is 2.16 bits per heavy atom. The number of hydrogen-bond acceptors (Lipinski definition) is 2. The quantitative estimate of drug-likeness (QED) is 0.396. The maximum absolute atomic E-state index is 6.42. The molecule has 0 radical (unpaired) electrons. The molecule has 3 nitrogen and oxygen atoms in total. The first-order chi connectivity index (χ1) is 14.6. The molecule has 6 rings (SSSR count). The highest BCUT2D eigenvalue weighted by atomic mass is 16.7. The topological polar surface area (TPSA) is 34.2 Å². The normalized spacial score (nSPS) is 20.4. The van der Waals surface area contributed by atoms with Crippen molar-refractivity contribution in [1.29, 1.82) is 0 Å². The van der Waals surface area contributed by atoms with Crippen LogP contribution in [0, 0.1) is 0 Å². The maximum atomic E-state index is 6.42. The minimum atomic E-state index is -0.385. The van der Waals surface area contributed by atoms with E-state index in [1.807, 2.05) is 0 Å². The van der Waals surface area contributed by atoms with E-state index in [0.717, 1.165) is 11.0 Å². The van der Waals surface area contributed by atoms with Gasteiger partial charge in [0.05, 0.1) is 11.2 Å². The molecule has 1 fully saturated rings. The van der Waals surface area contributed by atoms with Crippen molar-refractivity contribution in [3.05, 3.63) is 65.7 Å². The van der Waals surface area contributed by atoms with Crippen LogP contribution in [-0.2, 0) is 14.7 Å². The van der Waals surface area contributed by atoms with Crippen LogP contribution in [0.3, 0.4) is 0 Å². The fourth-order valence-corrected chi connectivity index (χ4v) is 5.34. The predicted octanol–water partition coefficient (Wildman–Crippen LogP) is 5.93. The summed E-state index contributed by atoms with van der Waals surface area (Å²) in [7, 11) is -0.385. The van der Waals surface area contributed by atoms with Gasteiger partial charge in [0.15, 0.2) is 0 Å². The lowest BCUT2D eigenvalue weighted by molar-refractivity contribution is 0.00578. The molecule has 1 aliphatic carbocycles. The van der Waals surface area contributed by atoms with E-state index in [4.69, 9.17) is 9.31 Å². The highest BCUT2D eigenvalue weighted by Gasteiger charge is 2.52. The number of aromatic amines is 1. The van der Waals surface area contributed by atoms with E-state index < -0.39 is 0 Å². The molecule has 1 aliphatic heterocycles. The first kappa shape index (κ1) is 19.2. The Labute approximate surface area is 183 Å². The van der Waals surface area contributed by atoms with E-state index in [1.54, 1.807) is 0 Å². The summed E-state index contributed by atoms with van der Waals surface area (Å²) >= 11 is 0. The molecule has 4 aromatic rings. The summed E-state index contributed by atoms with van der Waals surface area (Å²) in [6.07, 6.45) is 0. The molecular weight excluding hydrogens is 381 g/mol. The first-order valence-electron chi connectivity index (χ1n) is 11.1. The van der Waals surface area contributed by atoms with Crippen molar-refractivity contribution in [2.45, 2.75) is 58.2 Å². The molecule has 0 atom stereocenters. The molecule has 0 spiro atoms. The Morgan fingerprint density at radius 1 is 0.710 bits per heavy atom. The van der Waals surface area contributed by atoms with Gasteiger partial charge < -0.3 is 14.3 Å². The number of fused-ring (bicyclic) bond motifs is 6. The van der Waals surface area contributed by atoms with Crippen LogP contribution in [0.2, 0.25) is 0 Å². The first-order valence-corrected chi connectivity index (χ1v) is 11.1. The zero-order valence-electron chi connectivity index (χ0n) is 19.1. The molecule has 3 aromatic carbocycles. The van der Waals surface area contributed by atoms with Gasteiger partial charge in [0.2, 0.25) is 0 Å². The SMILES string of the molecule is CC1(C)c2ccccc2-c2cc3c(cc21)[nH]c1cccc(B2OC(C)(C)C(C)(C)O2)c13. The maximum Gasteiger partial charge on any atom is 0.495 e. The molecule has 0 unspecified atom stereocenters. The van der Waals surface area contributed by atoms with Crippen LogP contribution in [0.1, 0.15) is 52.7 Å². The fraction of sp³-hybridized carbons (Fsp3) is 0.333. The highest BCUT2D eigenvalue weighted by molar-refractivity contribution is 6.66. The van der Waals surface area contributed by atoms with Gasteiger partial charge in [-0.15, -0.1) is 0 Å². The van der Waals surface area contributed by atoms with Crippen molar-refractivity contribution in [3.63, 3.8) is 0 Å². The molecule has 2 aliphatic rings. The Hall–Kier alpha value is -2.56. The van der Waals surface area contributed by atoms with Crippen molar-refractivity contribution in [3.8, 4) is 11.1 Å². The van der Waals surface area contributed by atoms with E-state index in [0.29, 0.717) is 0 Å². The number of benzene rings is 3. The summed E-state index contributed by atoms with van der Waals surface area (Å²) in [5, 5.41) is 2.42. The average molecular weight is 409 g/mol. The summed E-state index contributed by atoms with van der Waals surface area (Å²) in [6.45, 7) is 13.1. The second kappa shape index (κ2) is 5.82. The van der Waals surface area contributed by atoms with Gasteiger partial charge in [-0.25, -0.2) is 0 Å². The van der Waals surface area contributed by atoms with E-state index in [2.05, 4.69) is 101 Å². The molecule has 0 saturated carbocycles. The van der Waals surface area contributed by atoms with Gasteiger partial charge in [-0.2, -0.15) is 0 Å². The van der Waals surface area contributed by atoms with Crippen LogP contribution < -0.4 is 5.46 Å². The third kappa shape index (κ3) is 2.43. The standard InChI is InChI=1S/C27H28BNO2/c1-25(2)19-11-8-7-10-16(19)17-14-18-23(15-20(17)25)29-22-13-9-12-21(24(18)22)28-30-26(3,4)27(5,6)31-28/h7-15,29H,1-6H3. The lowest BCUT2D eigenvalue weighted by Crippen LogP contribution is -2.41. The molecule has 156 valence electrons. The van der Waals surface area contributed by atoms with Crippen LogP contribution >= 0.6 is 0 Å². The van der Waals surface area contributed by atoms with Gasteiger partial charge >= 0.3 is 7.12 Å². The van der Waals surface area contributed by atoms with E-state index in [1.165, 1.54) is 38.5 Å². The summed E-state index contributed by atoms with van der Waals surface area (Å²) in [5.74, 6) is 0. The average Bonchev–Trinajstić information content (AvgIpc) is 3.26. The third-order valence-corrected chi connectivity index (χ3v) is 7.86. The summed E-state index contributed by atoms with van der Waals surface area (Å²) in [6, 6.07) is 19.9. The fourth-order valence-electron chi connectivity index (χ4n) is 5.34. The summed E-state index contributed by atoms with van der Waals surface area (Å²) in [4.78, 5) is 3.67. The van der Waals surface area contributed by atoms with Crippen LogP contribution in [-0.4, -0.2) is 23.3 Å². The highest BCUT2D eigenvalue weighted by Crippen LogP contribution is 2.50. The Kier molecular flexibility index (Phi) is 3.59. The second-order valence-electron chi connectivity index (χ2n) is 10.6. The monoisotopic (exact) mass is 409 g/mol.